The largest absolute Gasteiger partial charge is 0.334 e. The lowest BCUT2D eigenvalue weighted by Crippen LogP contribution is -2.04. The van der Waals surface area contributed by atoms with Crippen molar-refractivity contribution in [2.24, 2.45) is 0 Å². The minimum atomic E-state index is -0.480. The molecule has 0 radical (unpaired) electrons. The van der Waals surface area contributed by atoms with Gasteiger partial charge < -0.3 is 4.52 Å². The first-order valence-corrected chi connectivity index (χ1v) is 5.56. The standard InChI is InChI=1S/C13H11N3O/c1-9-2-4-10(5-3-9)11-15-12(16-17-11)13(8-14)6-7-13/h2-5H,6-7H2,1H3. The molecule has 0 spiro atoms. The molecule has 1 saturated carbocycles. The van der Waals surface area contributed by atoms with E-state index in [-0.39, 0.29) is 0 Å². The molecule has 84 valence electrons. The molecule has 0 amide bonds. The monoisotopic (exact) mass is 225 g/mol. The summed E-state index contributed by atoms with van der Waals surface area (Å²) in [5, 5.41) is 13.0. The van der Waals surface area contributed by atoms with Gasteiger partial charge in [0.2, 0.25) is 0 Å². The van der Waals surface area contributed by atoms with Crippen LogP contribution in [0.3, 0.4) is 0 Å². The molecule has 1 fully saturated rings. The van der Waals surface area contributed by atoms with E-state index in [2.05, 4.69) is 16.2 Å². The van der Waals surface area contributed by atoms with Crippen molar-refractivity contribution in [1.29, 1.82) is 5.26 Å². The topological polar surface area (TPSA) is 62.7 Å². The minimum Gasteiger partial charge on any atom is -0.334 e. The lowest BCUT2D eigenvalue weighted by molar-refractivity contribution is 0.419. The third-order valence-corrected chi connectivity index (χ3v) is 3.12. The molecule has 17 heavy (non-hydrogen) atoms. The Kier molecular flexibility index (Phi) is 2.02. The van der Waals surface area contributed by atoms with Gasteiger partial charge in [-0.1, -0.05) is 22.9 Å². The van der Waals surface area contributed by atoms with E-state index in [1.165, 1.54) is 5.56 Å². The molecule has 0 unspecified atom stereocenters. The lowest BCUT2D eigenvalue weighted by Gasteiger charge is -1.95. The van der Waals surface area contributed by atoms with Crippen molar-refractivity contribution in [2.75, 3.05) is 0 Å². The Morgan fingerprint density at radius 1 is 1.29 bits per heavy atom. The van der Waals surface area contributed by atoms with E-state index >= 15 is 0 Å². The fourth-order valence-electron chi connectivity index (χ4n) is 1.74. The van der Waals surface area contributed by atoms with Crippen LogP contribution in [-0.2, 0) is 5.41 Å². The van der Waals surface area contributed by atoms with E-state index in [4.69, 9.17) is 9.78 Å². The fourth-order valence-corrected chi connectivity index (χ4v) is 1.74. The maximum atomic E-state index is 9.05. The number of rotatable bonds is 2. The normalized spacial score (nSPS) is 16.5. The highest BCUT2D eigenvalue weighted by Crippen LogP contribution is 2.46. The molecule has 2 aromatic rings. The predicted octanol–water partition coefficient (Wildman–Crippen LogP) is 2.60. The van der Waals surface area contributed by atoms with E-state index in [9.17, 15) is 0 Å². The van der Waals surface area contributed by atoms with Crippen molar-refractivity contribution in [1.82, 2.24) is 10.1 Å². The molecule has 0 N–H and O–H groups in total. The molecule has 4 nitrogen and oxygen atoms in total. The van der Waals surface area contributed by atoms with E-state index in [1.54, 1.807) is 0 Å². The molecular formula is C13H11N3O. The van der Waals surface area contributed by atoms with Gasteiger partial charge in [-0.2, -0.15) is 10.2 Å². The van der Waals surface area contributed by atoms with Crippen molar-refractivity contribution in [2.45, 2.75) is 25.2 Å². The molecule has 0 atom stereocenters. The third kappa shape index (κ3) is 1.60. The third-order valence-electron chi connectivity index (χ3n) is 3.12. The minimum absolute atomic E-state index is 0.480. The summed E-state index contributed by atoms with van der Waals surface area (Å²) < 4.78 is 5.21. The van der Waals surface area contributed by atoms with Crippen LogP contribution in [0.2, 0.25) is 0 Å². The van der Waals surface area contributed by atoms with Crippen LogP contribution in [-0.4, -0.2) is 10.1 Å². The zero-order chi connectivity index (χ0) is 11.9. The van der Waals surface area contributed by atoms with Crippen LogP contribution >= 0.6 is 0 Å². The summed E-state index contributed by atoms with van der Waals surface area (Å²) in [6, 6.07) is 10.1. The first-order valence-electron chi connectivity index (χ1n) is 5.56. The molecule has 1 heterocycles. The molecule has 0 aliphatic heterocycles. The van der Waals surface area contributed by atoms with Gasteiger partial charge in [-0.15, -0.1) is 0 Å². The molecule has 4 heteroatoms. The van der Waals surface area contributed by atoms with Gasteiger partial charge >= 0.3 is 0 Å². The van der Waals surface area contributed by atoms with Crippen molar-refractivity contribution < 1.29 is 4.52 Å². The number of nitrogens with zero attached hydrogens (tertiary/aromatic N) is 3. The number of benzene rings is 1. The number of hydrogen-bond acceptors (Lipinski definition) is 4. The van der Waals surface area contributed by atoms with Crippen LogP contribution < -0.4 is 0 Å². The van der Waals surface area contributed by atoms with Gasteiger partial charge in [-0.25, -0.2) is 0 Å². The van der Waals surface area contributed by atoms with Crippen LogP contribution in [0.25, 0.3) is 11.5 Å². The number of aryl methyl sites for hydroxylation is 1. The van der Waals surface area contributed by atoms with Crippen LogP contribution in [0.4, 0.5) is 0 Å². The Bertz CT molecular complexity index is 588. The zero-order valence-electron chi connectivity index (χ0n) is 9.47. The van der Waals surface area contributed by atoms with E-state index in [1.807, 2.05) is 31.2 Å². The van der Waals surface area contributed by atoms with Gasteiger partial charge in [-0.3, -0.25) is 0 Å². The Labute approximate surface area is 98.9 Å². The van der Waals surface area contributed by atoms with E-state index < -0.39 is 5.41 Å². The van der Waals surface area contributed by atoms with E-state index in [0.717, 1.165) is 18.4 Å². The molecule has 0 bridgehead atoms. The van der Waals surface area contributed by atoms with Crippen molar-refractivity contribution >= 4 is 0 Å². The first kappa shape index (κ1) is 10.0. The quantitative estimate of drug-likeness (QED) is 0.788. The summed E-state index contributed by atoms with van der Waals surface area (Å²) >= 11 is 0. The summed E-state index contributed by atoms with van der Waals surface area (Å²) in [6.45, 7) is 2.03. The van der Waals surface area contributed by atoms with Gasteiger partial charge in [0.05, 0.1) is 6.07 Å². The second-order valence-corrected chi connectivity index (χ2v) is 4.48. The highest BCUT2D eigenvalue weighted by molar-refractivity contribution is 5.53. The lowest BCUT2D eigenvalue weighted by atomic mass is 10.1. The Hall–Kier alpha value is -2.15. The van der Waals surface area contributed by atoms with Crippen LogP contribution in [0, 0.1) is 18.3 Å². The molecule has 1 aromatic heterocycles. The van der Waals surface area contributed by atoms with Crippen molar-refractivity contribution in [3.63, 3.8) is 0 Å². The molecule has 1 aliphatic rings. The first-order chi connectivity index (χ1) is 8.23. The highest BCUT2D eigenvalue weighted by atomic mass is 16.5. The summed E-state index contributed by atoms with van der Waals surface area (Å²) in [7, 11) is 0. The molecule has 3 rings (SSSR count). The zero-order valence-corrected chi connectivity index (χ0v) is 9.47. The van der Waals surface area contributed by atoms with Crippen LogP contribution in [0.1, 0.15) is 24.2 Å². The van der Waals surface area contributed by atoms with Gasteiger partial charge in [-0.05, 0) is 31.9 Å². The van der Waals surface area contributed by atoms with Crippen molar-refractivity contribution in [3.8, 4) is 17.5 Å². The Balaban J connectivity index is 1.96. The summed E-state index contributed by atoms with van der Waals surface area (Å²) in [5.74, 6) is 1.01. The number of aromatic nitrogens is 2. The van der Waals surface area contributed by atoms with Gasteiger partial charge in [0.15, 0.2) is 5.82 Å². The van der Waals surface area contributed by atoms with Gasteiger partial charge in [0.25, 0.3) is 5.89 Å². The van der Waals surface area contributed by atoms with E-state index in [0.29, 0.717) is 11.7 Å². The Morgan fingerprint density at radius 2 is 2.00 bits per heavy atom. The second-order valence-electron chi connectivity index (χ2n) is 4.48. The maximum Gasteiger partial charge on any atom is 0.257 e. The predicted molar refractivity (Wildman–Crippen MR) is 61.0 cm³/mol. The number of hydrogen-bond donors (Lipinski definition) is 0. The second kappa shape index (κ2) is 3.42. The average Bonchev–Trinajstić information content (AvgIpc) is 3.00. The summed E-state index contributed by atoms with van der Waals surface area (Å²) in [4.78, 5) is 4.31. The fraction of sp³-hybridized carbons (Fsp3) is 0.308. The smallest absolute Gasteiger partial charge is 0.257 e. The maximum absolute atomic E-state index is 9.05. The SMILES string of the molecule is Cc1ccc(-c2nc(C3(C#N)CC3)no2)cc1. The molecule has 0 saturated heterocycles. The Morgan fingerprint density at radius 3 is 2.59 bits per heavy atom. The summed E-state index contributed by atoms with van der Waals surface area (Å²) in [5.41, 5.74) is 1.60. The van der Waals surface area contributed by atoms with Crippen molar-refractivity contribution in [3.05, 3.63) is 35.7 Å². The summed E-state index contributed by atoms with van der Waals surface area (Å²) in [6.07, 6.45) is 1.66. The molecular weight excluding hydrogens is 214 g/mol. The highest BCUT2D eigenvalue weighted by Gasteiger charge is 2.49. The molecule has 1 aromatic carbocycles. The van der Waals surface area contributed by atoms with Crippen LogP contribution in [0.15, 0.2) is 28.8 Å². The number of nitriles is 1. The molecule has 1 aliphatic carbocycles. The van der Waals surface area contributed by atoms with Gasteiger partial charge in [0.1, 0.15) is 5.41 Å². The van der Waals surface area contributed by atoms with Crippen LogP contribution in [0.5, 0.6) is 0 Å². The van der Waals surface area contributed by atoms with Gasteiger partial charge in [0, 0.05) is 5.56 Å². The average molecular weight is 225 g/mol.